The molecule has 0 amide bonds. The number of nitro groups is 1. The van der Waals surface area contributed by atoms with E-state index in [-0.39, 0.29) is 13.0 Å². The molecular formula is C8H10N2O4S. The van der Waals surface area contributed by atoms with E-state index in [1.165, 1.54) is 17.5 Å². The number of nitrogens with zero attached hydrogens (tertiary/aromatic N) is 2. The van der Waals surface area contributed by atoms with Gasteiger partial charge in [0.2, 0.25) is 6.54 Å². The Kier molecular flexibility index (Phi) is 3.73. The molecule has 1 unspecified atom stereocenters. The van der Waals surface area contributed by atoms with Gasteiger partial charge < -0.3 is 5.11 Å². The van der Waals surface area contributed by atoms with E-state index >= 15 is 0 Å². The van der Waals surface area contributed by atoms with Crippen LogP contribution < -0.4 is 0 Å². The molecule has 82 valence electrons. The fraction of sp³-hybridized carbons (Fsp3) is 0.500. The monoisotopic (exact) mass is 230 g/mol. The molecular weight excluding hydrogens is 220 g/mol. The highest BCUT2D eigenvalue weighted by Gasteiger charge is 2.22. The summed E-state index contributed by atoms with van der Waals surface area (Å²) in [5.41, 5.74) is 0. The average molecular weight is 230 g/mol. The van der Waals surface area contributed by atoms with Crippen molar-refractivity contribution in [3.63, 3.8) is 0 Å². The van der Waals surface area contributed by atoms with Crippen LogP contribution in [0.3, 0.4) is 0 Å². The van der Waals surface area contributed by atoms with E-state index in [4.69, 9.17) is 5.11 Å². The lowest BCUT2D eigenvalue weighted by molar-refractivity contribution is -0.483. The number of hydrogen-bond acceptors (Lipinski definition) is 5. The molecule has 0 saturated carbocycles. The number of hydrogen-bond donors (Lipinski definition) is 1. The van der Waals surface area contributed by atoms with Crippen LogP contribution >= 0.6 is 11.3 Å². The molecule has 0 aliphatic heterocycles. The zero-order valence-electron chi connectivity index (χ0n) is 8.04. The van der Waals surface area contributed by atoms with Crippen molar-refractivity contribution in [1.29, 1.82) is 0 Å². The van der Waals surface area contributed by atoms with Crippen molar-refractivity contribution in [3.8, 4) is 0 Å². The van der Waals surface area contributed by atoms with Gasteiger partial charge in [-0.25, -0.2) is 4.98 Å². The van der Waals surface area contributed by atoms with Crippen LogP contribution in [0.15, 0.2) is 6.20 Å². The summed E-state index contributed by atoms with van der Waals surface area (Å²) in [5.74, 6) is -1.61. The summed E-state index contributed by atoms with van der Waals surface area (Å²) in [6.07, 6.45) is 1.28. The molecule has 6 nitrogen and oxygen atoms in total. The van der Waals surface area contributed by atoms with Gasteiger partial charge in [-0.15, -0.1) is 11.3 Å². The molecule has 1 aromatic heterocycles. The average Bonchev–Trinajstić information content (AvgIpc) is 2.48. The van der Waals surface area contributed by atoms with Gasteiger partial charge in [0.15, 0.2) is 0 Å². The third kappa shape index (κ3) is 3.62. The van der Waals surface area contributed by atoms with Gasteiger partial charge in [0, 0.05) is 16.0 Å². The minimum absolute atomic E-state index is 0.234. The van der Waals surface area contributed by atoms with Crippen LogP contribution in [0.25, 0.3) is 0 Å². The van der Waals surface area contributed by atoms with Crippen LogP contribution in [-0.4, -0.2) is 27.5 Å². The van der Waals surface area contributed by atoms with Crippen molar-refractivity contribution < 1.29 is 14.8 Å². The summed E-state index contributed by atoms with van der Waals surface area (Å²) in [4.78, 5) is 25.0. The van der Waals surface area contributed by atoms with Gasteiger partial charge in [-0.3, -0.25) is 14.9 Å². The van der Waals surface area contributed by atoms with E-state index in [9.17, 15) is 14.9 Å². The van der Waals surface area contributed by atoms with Crippen molar-refractivity contribution in [2.24, 2.45) is 0 Å². The highest BCUT2D eigenvalue weighted by Crippen LogP contribution is 2.25. The Bertz CT molecular complexity index is 360. The molecule has 1 aromatic rings. The molecule has 15 heavy (non-hydrogen) atoms. The number of aryl methyl sites for hydroxylation is 1. The Labute approximate surface area is 89.7 Å². The molecule has 0 saturated heterocycles. The van der Waals surface area contributed by atoms with Gasteiger partial charge in [-0.1, -0.05) is 0 Å². The van der Waals surface area contributed by atoms with E-state index in [0.717, 1.165) is 5.01 Å². The third-order valence-electron chi connectivity index (χ3n) is 1.83. The maximum Gasteiger partial charge on any atom is 0.304 e. The van der Waals surface area contributed by atoms with Crippen LogP contribution in [0.4, 0.5) is 0 Å². The first-order valence-electron chi connectivity index (χ1n) is 4.25. The lowest BCUT2D eigenvalue weighted by atomic mass is 10.1. The van der Waals surface area contributed by atoms with Crippen LogP contribution in [0.5, 0.6) is 0 Å². The van der Waals surface area contributed by atoms with Gasteiger partial charge >= 0.3 is 5.97 Å². The quantitative estimate of drug-likeness (QED) is 0.607. The summed E-state index contributed by atoms with van der Waals surface area (Å²) in [6, 6.07) is 0. The number of carbonyl (C=O) groups is 1. The van der Waals surface area contributed by atoms with E-state index in [0.29, 0.717) is 4.88 Å². The molecule has 1 heterocycles. The fourth-order valence-corrected chi connectivity index (χ4v) is 2.09. The Morgan fingerprint density at radius 1 is 1.80 bits per heavy atom. The second kappa shape index (κ2) is 4.83. The van der Waals surface area contributed by atoms with Crippen LogP contribution in [0, 0.1) is 17.0 Å². The summed E-state index contributed by atoms with van der Waals surface area (Å²) in [6.45, 7) is 1.41. The number of carboxylic acids is 1. The fourth-order valence-electron chi connectivity index (χ4n) is 1.21. The number of aromatic nitrogens is 1. The number of rotatable bonds is 5. The van der Waals surface area contributed by atoms with Crippen molar-refractivity contribution in [1.82, 2.24) is 4.98 Å². The molecule has 0 radical (unpaired) electrons. The Hall–Kier alpha value is -1.50. The Morgan fingerprint density at radius 3 is 2.87 bits per heavy atom. The van der Waals surface area contributed by atoms with Gasteiger partial charge in [0.25, 0.3) is 0 Å². The number of carboxylic acid groups (broad SMARTS) is 1. The van der Waals surface area contributed by atoms with Gasteiger partial charge in [-0.05, 0) is 6.92 Å². The van der Waals surface area contributed by atoms with Crippen molar-refractivity contribution in [3.05, 3.63) is 26.2 Å². The van der Waals surface area contributed by atoms with E-state index in [1.54, 1.807) is 6.92 Å². The zero-order chi connectivity index (χ0) is 11.4. The predicted molar refractivity (Wildman–Crippen MR) is 53.7 cm³/mol. The Morgan fingerprint density at radius 2 is 2.47 bits per heavy atom. The molecule has 0 bridgehead atoms. The summed E-state index contributed by atoms with van der Waals surface area (Å²) >= 11 is 1.30. The standard InChI is InChI=1S/C8H10N2O4S/c1-5-9-3-7(15-5)6(2-8(11)12)4-10(13)14/h3,6H,2,4H2,1H3,(H,11,12). The second-order valence-corrected chi connectivity index (χ2v) is 4.36. The summed E-state index contributed by atoms with van der Waals surface area (Å²) in [5, 5.41) is 19.8. The summed E-state index contributed by atoms with van der Waals surface area (Å²) < 4.78 is 0. The zero-order valence-corrected chi connectivity index (χ0v) is 8.86. The summed E-state index contributed by atoms with van der Waals surface area (Å²) in [7, 11) is 0. The minimum Gasteiger partial charge on any atom is -0.481 e. The lowest BCUT2D eigenvalue weighted by Crippen LogP contribution is -2.15. The maximum atomic E-state index is 10.5. The predicted octanol–water partition coefficient (Wildman–Crippen LogP) is 1.29. The lowest BCUT2D eigenvalue weighted by Gasteiger charge is -2.06. The number of aliphatic carboxylic acids is 1. The van der Waals surface area contributed by atoms with Crippen molar-refractivity contribution >= 4 is 17.3 Å². The molecule has 7 heteroatoms. The van der Waals surface area contributed by atoms with Crippen molar-refractivity contribution in [2.75, 3.05) is 6.54 Å². The topological polar surface area (TPSA) is 93.3 Å². The highest BCUT2D eigenvalue weighted by molar-refractivity contribution is 7.11. The molecule has 0 aliphatic carbocycles. The molecule has 0 aliphatic rings. The first-order chi connectivity index (χ1) is 6.99. The Balaban J connectivity index is 2.80. The normalized spacial score (nSPS) is 12.3. The van der Waals surface area contributed by atoms with Crippen molar-refractivity contribution in [2.45, 2.75) is 19.3 Å². The molecule has 1 N–H and O–H groups in total. The molecule has 0 aromatic carbocycles. The maximum absolute atomic E-state index is 10.5. The van der Waals surface area contributed by atoms with Crippen LogP contribution in [0.1, 0.15) is 22.2 Å². The largest absolute Gasteiger partial charge is 0.481 e. The first kappa shape index (κ1) is 11.6. The number of thiazole rings is 1. The minimum atomic E-state index is -1.03. The molecule has 1 rings (SSSR count). The molecule has 1 atom stereocenters. The molecule has 0 spiro atoms. The third-order valence-corrected chi connectivity index (χ3v) is 2.91. The van der Waals surface area contributed by atoms with Gasteiger partial charge in [-0.2, -0.15) is 0 Å². The SMILES string of the molecule is Cc1ncc(C(CC(=O)O)C[N+](=O)[O-])s1. The van der Waals surface area contributed by atoms with Gasteiger partial charge in [0.05, 0.1) is 17.3 Å². The van der Waals surface area contributed by atoms with Gasteiger partial charge in [0.1, 0.15) is 0 Å². The highest BCUT2D eigenvalue weighted by atomic mass is 32.1. The van der Waals surface area contributed by atoms with E-state index < -0.39 is 16.8 Å². The van der Waals surface area contributed by atoms with Crippen LogP contribution in [0.2, 0.25) is 0 Å². The smallest absolute Gasteiger partial charge is 0.304 e. The van der Waals surface area contributed by atoms with E-state index in [2.05, 4.69) is 4.98 Å². The molecule has 0 fully saturated rings. The first-order valence-corrected chi connectivity index (χ1v) is 5.06. The second-order valence-electron chi connectivity index (χ2n) is 3.09. The van der Waals surface area contributed by atoms with E-state index in [1.807, 2.05) is 0 Å². The van der Waals surface area contributed by atoms with Crippen LogP contribution in [-0.2, 0) is 4.79 Å².